The van der Waals surface area contributed by atoms with Gasteiger partial charge in [-0.3, -0.25) is 14.9 Å². The zero-order valence-electron chi connectivity index (χ0n) is 17.2. The molecule has 6 nitrogen and oxygen atoms in total. The number of anilines is 1. The summed E-state index contributed by atoms with van der Waals surface area (Å²) >= 11 is 7.18. The van der Waals surface area contributed by atoms with Gasteiger partial charge < -0.3 is 5.32 Å². The number of carbonyl (C=O) groups is 2. The Hall–Kier alpha value is -3.03. The molecule has 2 atom stereocenters. The maximum Gasteiger partial charge on any atom is 0.249 e. The van der Waals surface area contributed by atoms with E-state index < -0.39 is 6.04 Å². The zero-order valence-corrected chi connectivity index (χ0v) is 18.8. The lowest BCUT2D eigenvalue weighted by Crippen LogP contribution is -2.47. The molecule has 0 fully saturated rings. The quantitative estimate of drug-likeness (QED) is 0.467. The predicted molar refractivity (Wildman–Crippen MR) is 126 cm³/mol. The second-order valence-corrected chi connectivity index (χ2v) is 8.44. The van der Waals surface area contributed by atoms with Crippen LogP contribution in [0.4, 0.5) is 5.13 Å². The van der Waals surface area contributed by atoms with Crippen molar-refractivity contribution in [3.63, 3.8) is 0 Å². The van der Waals surface area contributed by atoms with Gasteiger partial charge in [-0.2, -0.15) is 0 Å². The normalized spacial score (nSPS) is 13.0. The molecule has 0 aliphatic heterocycles. The molecule has 8 heteroatoms. The van der Waals surface area contributed by atoms with E-state index >= 15 is 0 Å². The topological polar surface area (TPSA) is 84.0 Å². The highest BCUT2D eigenvalue weighted by Crippen LogP contribution is 2.27. The van der Waals surface area contributed by atoms with Crippen LogP contribution in [0.15, 0.2) is 60.7 Å². The Kier molecular flexibility index (Phi) is 7.92. The summed E-state index contributed by atoms with van der Waals surface area (Å²) in [6.07, 6.45) is 3.87. The first-order valence-corrected chi connectivity index (χ1v) is 11.1. The number of rotatable bonds is 8. The Morgan fingerprint density at radius 2 is 1.81 bits per heavy atom. The molecule has 2 amide bonds. The Labute approximate surface area is 190 Å². The van der Waals surface area contributed by atoms with Crippen LogP contribution < -0.4 is 10.6 Å². The fraction of sp³-hybridized carbons (Fsp3) is 0.217. The first-order valence-electron chi connectivity index (χ1n) is 9.90. The van der Waals surface area contributed by atoms with Crippen molar-refractivity contribution in [1.29, 1.82) is 0 Å². The van der Waals surface area contributed by atoms with E-state index in [1.807, 2.05) is 56.3 Å². The summed E-state index contributed by atoms with van der Waals surface area (Å²) in [6, 6.07) is 16.0. The van der Waals surface area contributed by atoms with Gasteiger partial charge in [-0.15, -0.1) is 10.2 Å². The van der Waals surface area contributed by atoms with Crippen molar-refractivity contribution in [3.8, 4) is 10.6 Å². The zero-order chi connectivity index (χ0) is 22.2. The first-order chi connectivity index (χ1) is 15.0. The van der Waals surface area contributed by atoms with Crippen LogP contribution in [0.5, 0.6) is 0 Å². The fourth-order valence-corrected chi connectivity index (χ4v) is 3.68. The standard InChI is InChI=1S/C23H23ClN4O2S/c1-3-15(2)20(25-19(29)14-9-16-7-5-4-6-8-16)21(30)26-23-28-27-22(31-23)17-10-12-18(24)13-11-17/h4-15,20H,3H2,1-2H3,(H,25,29)(H,26,28,30)/b14-9+/t15-,20+/m0/s1. The molecule has 3 aromatic rings. The van der Waals surface area contributed by atoms with Gasteiger partial charge in [-0.05, 0) is 29.7 Å². The van der Waals surface area contributed by atoms with Gasteiger partial charge in [0, 0.05) is 16.7 Å². The van der Waals surface area contributed by atoms with Crippen molar-refractivity contribution in [2.75, 3.05) is 5.32 Å². The average molecular weight is 455 g/mol. The molecule has 1 heterocycles. The third kappa shape index (κ3) is 6.47. The number of amides is 2. The monoisotopic (exact) mass is 454 g/mol. The molecular weight excluding hydrogens is 432 g/mol. The van der Waals surface area contributed by atoms with Crippen molar-refractivity contribution >= 4 is 46.0 Å². The van der Waals surface area contributed by atoms with E-state index in [9.17, 15) is 9.59 Å². The molecule has 0 aliphatic carbocycles. The first kappa shape index (κ1) is 22.7. The number of nitrogens with zero attached hydrogens (tertiary/aromatic N) is 2. The van der Waals surface area contributed by atoms with Crippen molar-refractivity contribution in [2.24, 2.45) is 5.92 Å². The number of hydrogen-bond donors (Lipinski definition) is 2. The maximum absolute atomic E-state index is 12.9. The van der Waals surface area contributed by atoms with E-state index in [0.717, 1.165) is 17.5 Å². The second kappa shape index (κ2) is 10.8. The third-order valence-electron chi connectivity index (χ3n) is 4.77. The number of halogens is 1. The van der Waals surface area contributed by atoms with E-state index in [1.165, 1.54) is 17.4 Å². The van der Waals surface area contributed by atoms with Crippen LogP contribution in [0.25, 0.3) is 16.6 Å². The van der Waals surface area contributed by atoms with Crippen molar-refractivity contribution < 1.29 is 9.59 Å². The van der Waals surface area contributed by atoms with Crippen molar-refractivity contribution in [1.82, 2.24) is 15.5 Å². The van der Waals surface area contributed by atoms with Gasteiger partial charge in [0.15, 0.2) is 0 Å². The summed E-state index contributed by atoms with van der Waals surface area (Å²) in [7, 11) is 0. The molecular formula is C23H23ClN4O2S. The molecule has 0 spiro atoms. The highest BCUT2D eigenvalue weighted by atomic mass is 35.5. The van der Waals surface area contributed by atoms with Crippen LogP contribution in [0.2, 0.25) is 5.02 Å². The highest BCUT2D eigenvalue weighted by Gasteiger charge is 2.26. The van der Waals surface area contributed by atoms with Gasteiger partial charge in [0.1, 0.15) is 11.0 Å². The van der Waals surface area contributed by atoms with E-state index in [-0.39, 0.29) is 17.7 Å². The summed E-state index contributed by atoms with van der Waals surface area (Å²) in [4.78, 5) is 25.3. The molecule has 0 saturated carbocycles. The van der Waals surface area contributed by atoms with Crippen LogP contribution in [-0.2, 0) is 9.59 Å². The smallest absolute Gasteiger partial charge is 0.249 e. The second-order valence-electron chi connectivity index (χ2n) is 7.02. The number of hydrogen-bond acceptors (Lipinski definition) is 5. The molecule has 2 aromatic carbocycles. The summed E-state index contributed by atoms with van der Waals surface area (Å²) in [5.74, 6) is -0.712. The van der Waals surface area contributed by atoms with Gasteiger partial charge >= 0.3 is 0 Å². The van der Waals surface area contributed by atoms with Gasteiger partial charge in [0.25, 0.3) is 0 Å². The van der Waals surface area contributed by atoms with Gasteiger partial charge in [0.2, 0.25) is 16.9 Å². The van der Waals surface area contributed by atoms with Crippen LogP contribution in [0.3, 0.4) is 0 Å². The van der Waals surface area contributed by atoms with E-state index in [2.05, 4.69) is 20.8 Å². The minimum atomic E-state index is -0.694. The summed E-state index contributed by atoms with van der Waals surface area (Å²) in [5.41, 5.74) is 1.77. The van der Waals surface area contributed by atoms with Gasteiger partial charge in [0.05, 0.1) is 0 Å². The molecule has 0 aliphatic rings. The molecule has 2 N–H and O–H groups in total. The van der Waals surface area contributed by atoms with Crippen LogP contribution in [0, 0.1) is 5.92 Å². The fourth-order valence-electron chi connectivity index (χ4n) is 2.81. The summed E-state index contributed by atoms with van der Waals surface area (Å²) < 4.78 is 0. The Bertz CT molecular complexity index is 1050. The summed E-state index contributed by atoms with van der Waals surface area (Å²) in [6.45, 7) is 3.89. The van der Waals surface area contributed by atoms with E-state index in [4.69, 9.17) is 11.6 Å². The molecule has 160 valence electrons. The molecule has 0 radical (unpaired) electrons. The number of benzene rings is 2. The third-order valence-corrected chi connectivity index (χ3v) is 5.91. The summed E-state index contributed by atoms with van der Waals surface area (Å²) in [5, 5.41) is 15.4. The number of nitrogens with one attached hydrogen (secondary N) is 2. The predicted octanol–water partition coefficient (Wildman–Crippen LogP) is 5.04. The van der Waals surface area contributed by atoms with Crippen molar-refractivity contribution in [2.45, 2.75) is 26.3 Å². The Balaban J connectivity index is 1.66. The van der Waals surface area contributed by atoms with E-state index in [0.29, 0.717) is 15.2 Å². The van der Waals surface area contributed by atoms with Crippen LogP contribution in [0.1, 0.15) is 25.8 Å². The lowest BCUT2D eigenvalue weighted by molar-refractivity contribution is -0.125. The molecule has 0 unspecified atom stereocenters. The Morgan fingerprint density at radius 3 is 2.48 bits per heavy atom. The molecule has 3 rings (SSSR count). The molecule has 0 bridgehead atoms. The minimum Gasteiger partial charge on any atom is -0.340 e. The van der Waals surface area contributed by atoms with Gasteiger partial charge in [-0.1, -0.05) is 85.7 Å². The SMILES string of the molecule is CC[C@H](C)[C@@H](NC(=O)/C=C/c1ccccc1)C(=O)Nc1nnc(-c2ccc(Cl)cc2)s1. The number of aromatic nitrogens is 2. The van der Waals surface area contributed by atoms with Crippen molar-refractivity contribution in [3.05, 3.63) is 71.3 Å². The maximum atomic E-state index is 12.9. The van der Waals surface area contributed by atoms with E-state index in [1.54, 1.807) is 18.2 Å². The largest absolute Gasteiger partial charge is 0.340 e. The Morgan fingerprint density at radius 1 is 1.10 bits per heavy atom. The molecule has 1 aromatic heterocycles. The van der Waals surface area contributed by atoms with Crippen LogP contribution in [-0.4, -0.2) is 28.1 Å². The highest BCUT2D eigenvalue weighted by molar-refractivity contribution is 7.18. The minimum absolute atomic E-state index is 0.0577. The molecule has 0 saturated heterocycles. The molecule has 31 heavy (non-hydrogen) atoms. The van der Waals surface area contributed by atoms with Gasteiger partial charge in [-0.25, -0.2) is 0 Å². The lowest BCUT2D eigenvalue weighted by atomic mass is 9.98. The number of carbonyl (C=O) groups excluding carboxylic acids is 2. The lowest BCUT2D eigenvalue weighted by Gasteiger charge is -2.22. The average Bonchev–Trinajstić information content (AvgIpc) is 3.25. The van der Waals surface area contributed by atoms with Crippen LogP contribution >= 0.6 is 22.9 Å².